The van der Waals surface area contributed by atoms with E-state index in [9.17, 15) is 10.1 Å². The molecule has 2 heteroatoms. The largest absolute Gasteiger partial charge is 0.300 e. The molecular weight excluding hydrogens is 222 g/mol. The molecule has 1 saturated carbocycles. The molecule has 0 bridgehead atoms. The highest BCUT2D eigenvalue weighted by atomic mass is 16.1. The van der Waals surface area contributed by atoms with Crippen molar-refractivity contribution in [3.63, 3.8) is 0 Å². The minimum absolute atomic E-state index is 0.278. The third-order valence-corrected chi connectivity index (χ3v) is 4.16. The van der Waals surface area contributed by atoms with Gasteiger partial charge in [-0.25, -0.2) is 0 Å². The maximum Gasteiger partial charge on any atom is 0.132 e. The Morgan fingerprint density at radius 3 is 2.06 bits per heavy atom. The van der Waals surface area contributed by atoms with Gasteiger partial charge in [0.05, 0.1) is 11.5 Å². The summed E-state index contributed by atoms with van der Waals surface area (Å²) >= 11 is 0. The first-order valence-corrected chi connectivity index (χ1v) is 7.59. The fourth-order valence-corrected chi connectivity index (χ4v) is 2.68. The lowest BCUT2D eigenvalue weighted by Gasteiger charge is -2.21. The number of Topliss-reactive ketones (excluding diaryl/α,β-unsaturated/α-hetero) is 1. The van der Waals surface area contributed by atoms with E-state index in [0.29, 0.717) is 12.2 Å². The van der Waals surface area contributed by atoms with Gasteiger partial charge in [0, 0.05) is 12.8 Å². The average Bonchev–Trinajstić information content (AvgIpc) is 2.38. The van der Waals surface area contributed by atoms with Crippen LogP contribution in [0.5, 0.6) is 0 Å². The molecule has 0 aromatic carbocycles. The fourth-order valence-electron chi connectivity index (χ4n) is 2.68. The molecule has 0 saturated heterocycles. The normalized spacial score (nSPS) is 29.2. The van der Waals surface area contributed by atoms with E-state index in [2.05, 4.69) is 6.07 Å². The molecule has 0 N–H and O–H groups in total. The van der Waals surface area contributed by atoms with Gasteiger partial charge in [-0.15, -0.1) is 0 Å². The Morgan fingerprint density at radius 2 is 1.44 bits per heavy atom. The first-order valence-electron chi connectivity index (χ1n) is 7.59. The zero-order chi connectivity index (χ0) is 13.3. The number of carbonyl (C=O) groups is 1. The van der Waals surface area contributed by atoms with Crippen molar-refractivity contribution in [1.29, 1.82) is 5.26 Å². The second kappa shape index (κ2) is 8.29. The fraction of sp³-hybridized carbons (Fsp3) is 0.875. The van der Waals surface area contributed by atoms with Gasteiger partial charge in [-0.1, -0.05) is 44.9 Å². The summed E-state index contributed by atoms with van der Waals surface area (Å²) in [6, 6.07) is 2.43. The van der Waals surface area contributed by atoms with Gasteiger partial charge in [-0.3, -0.25) is 4.79 Å². The molecule has 18 heavy (non-hydrogen) atoms. The van der Waals surface area contributed by atoms with Crippen molar-refractivity contribution in [3.8, 4) is 6.07 Å². The predicted octanol–water partition coefficient (Wildman–Crippen LogP) is 4.78. The van der Waals surface area contributed by atoms with Crippen LogP contribution in [0.15, 0.2) is 0 Å². The van der Waals surface area contributed by atoms with Crippen molar-refractivity contribution < 1.29 is 4.79 Å². The Kier molecular flexibility index (Phi) is 7.01. The van der Waals surface area contributed by atoms with Crippen LogP contribution in [0.4, 0.5) is 0 Å². The van der Waals surface area contributed by atoms with Gasteiger partial charge < -0.3 is 0 Å². The summed E-state index contributed by atoms with van der Waals surface area (Å²) in [6.45, 7) is 2.02. The monoisotopic (exact) mass is 249 g/mol. The second-order valence-corrected chi connectivity index (χ2v) is 6.04. The number of nitrogens with zero attached hydrogens (tertiary/aromatic N) is 1. The topological polar surface area (TPSA) is 40.9 Å². The zero-order valence-electron chi connectivity index (χ0n) is 11.8. The minimum atomic E-state index is -0.278. The molecule has 0 amide bonds. The number of hydrogen-bond donors (Lipinski definition) is 0. The molecule has 1 atom stereocenters. The standard InChI is InChI=1S/C16H27NO/c1-16(14-17)12-9-7-5-3-2-4-6-8-10-15(18)11-13-16/h2-13H2,1H3. The average molecular weight is 249 g/mol. The van der Waals surface area contributed by atoms with E-state index < -0.39 is 0 Å². The SMILES string of the molecule is CC1(C#N)CCCCCCCCCCC(=O)CC1. The molecule has 0 heterocycles. The molecule has 0 radical (unpaired) electrons. The molecule has 0 spiro atoms. The Labute approximate surface area is 112 Å². The number of rotatable bonds is 0. The van der Waals surface area contributed by atoms with Gasteiger partial charge in [0.1, 0.15) is 5.78 Å². The minimum Gasteiger partial charge on any atom is -0.300 e. The number of hydrogen-bond acceptors (Lipinski definition) is 2. The van der Waals surface area contributed by atoms with Gasteiger partial charge in [-0.05, 0) is 26.2 Å². The van der Waals surface area contributed by atoms with Crippen molar-refractivity contribution >= 4 is 5.78 Å². The van der Waals surface area contributed by atoms with Gasteiger partial charge >= 0.3 is 0 Å². The molecule has 1 aliphatic carbocycles. The molecule has 1 unspecified atom stereocenters. The van der Waals surface area contributed by atoms with Crippen molar-refractivity contribution in [3.05, 3.63) is 0 Å². The van der Waals surface area contributed by atoms with E-state index in [-0.39, 0.29) is 5.41 Å². The van der Waals surface area contributed by atoms with E-state index in [1.54, 1.807) is 0 Å². The van der Waals surface area contributed by atoms with Crippen molar-refractivity contribution in [1.82, 2.24) is 0 Å². The highest BCUT2D eigenvalue weighted by molar-refractivity contribution is 5.78. The number of carbonyl (C=O) groups excluding carboxylic acids is 1. The van der Waals surface area contributed by atoms with E-state index in [0.717, 1.165) is 32.1 Å². The van der Waals surface area contributed by atoms with Crippen LogP contribution in [0.3, 0.4) is 0 Å². The lowest BCUT2D eigenvalue weighted by atomic mass is 9.81. The molecule has 102 valence electrons. The smallest absolute Gasteiger partial charge is 0.132 e. The third-order valence-electron chi connectivity index (χ3n) is 4.16. The van der Waals surface area contributed by atoms with Crippen LogP contribution in [0.25, 0.3) is 0 Å². The maximum atomic E-state index is 11.7. The summed E-state index contributed by atoms with van der Waals surface area (Å²) in [5, 5.41) is 9.28. The van der Waals surface area contributed by atoms with Crippen LogP contribution in [0.2, 0.25) is 0 Å². The maximum absolute atomic E-state index is 11.7. The lowest BCUT2D eigenvalue weighted by molar-refractivity contribution is -0.119. The number of nitriles is 1. The molecule has 0 aliphatic heterocycles. The van der Waals surface area contributed by atoms with Crippen LogP contribution in [-0.2, 0) is 4.79 Å². The Bertz CT molecular complexity index is 292. The molecule has 0 aromatic rings. The first-order chi connectivity index (χ1) is 8.66. The molecule has 2 nitrogen and oxygen atoms in total. The van der Waals surface area contributed by atoms with Crippen LogP contribution in [0.1, 0.15) is 84.0 Å². The predicted molar refractivity (Wildman–Crippen MR) is 74.1 cm³/mol. The van der Waals surface area contributed by atoms with Crippen molar-refractivity contribution in [2.24, 2.45) is 5.41 Å². The Balaban J connectivity index is 2.45. The molecule has 1 rings (SSSR count). The lowest BCUT2D eigenvalue weighted by Crippen LogP contribution is -2.16. The summed E-state index contributed by atoms with van der Waals surface area (Å²) in [7, 11) is 0. The summed E-state index contributed by atoms with van der Waals surface area (Å²) in [6.07, 6.45) is 12.9. The molecule has 1 fully saturated rings. The molecular formula is C16H27NO. The molecule has 1 aliphatic rings. The van der Waals surface area contributed by atoms with Gasteiger partial charge in [-0.2, -0.15) is 5.26 Å². The quantitative estimate of drug-likeness (QED) is 0.620. The van der Waals surface area contributed by atoms with Gasteiger partial charge in [0.2, 0.25) is 0 Å². The number of ketones is 1. The van der Waals surface area contributed by atoms with Crippen molar-refractivity contribution in [2.45, 2.75) is 84.0 Å². The van der Waals surface area contributed by atoms with E-state index in [4.69, 9.17) is 0 Å². The van der Waals surface area contributed by atoms with Crippen LogP contribution in [-0.4, -0.2) is 5.78 Å². The van der Waals surface area contributed by atoms with Crippen LogP contribution >= 0.6 is 0 Å². The summed E-state index contributed by atoms with van der Waals surface area (Å²) < 4.78 is 0. The van der Waals surface area contributed by atoms with Crippen LogP contribution in [0, 0.1) is 16.7 Å². The summed E-state index contributed by atoms with van der Waals surface area (Å²) in [5.74, 6) is 0.355. The second-order valence-electron chi connectivity index (χ2n) is 6.04. The van der Waals surface area contributed by atoms with Gasteiger partial charge in [0.15, 0.2) is 0 Å². The molecule has 0 aromatic heterocycles. The van der Waals surface area contributed by atoms with E-state index in [1.807, 2.05) is 6.92 Å². The highest BCUT2D eigenvalue weighted by Gasteiger charge is 2.24. The summed E-state index contributed by atoms with van der Waals surface area (Å²) in [5.41, 5.74) is -0.278. The van der Waals surface area contributed by atoms with Gasteiger partial charge in [0.25, 0.3) is 0 Å². The van der Waals surface area contributed by atoms with E-state index in [1.165, 1.54) is 38.5 Å². The summed E-state index contributed by atoms with van der Waals surface area (Å²) in [4.78, 5) is 11.7. The third kappa shape index (κ3) is 6.19. The Hall–Kier alpha value is -0.840. The van der Waals surface area contributed by atoms with Crippen molar-refractivity contribution in [2.75, 3.05) is 0 Å². The Morgan fingerprint density at radius 1 is 0.889 bits per heavy atom. The highest BCUT2D eigenvalue weighted by Crippen LogP contribution is 2.30. The zero-order valence-corrected chi connectivity index (χ0v) is 11.8. The van der Waals surface area contributed by atoms with E-state index >= 15 is 0 Å². The van der Waals surface area contributed by atoms with Crippen LogP contribution < -0.4 is 0 Å². The first kappa shape index (κ1) is 15.2.